The monoisotopic (exact) mass is 195 g/mol. The van der Waals surface area contributed by atoms with Gasteiger partial charge in [-0.3, -0.25) is 4.79 Å². The predicted octanol–water partition coefficient (Wildman–Crippen LogP) is 0.926. The summed E-state index contributed by atoms with van der Waals surface area (Å²) >= 11 is 7.94. The molecular weight excluding hydrogens is 182 g/mol. The molecule has 0 fully saturated rings. The molecule has 1 atom stereocenters. The smallest absolute Gasteiger partial charge is 0.322 e. The van der Waals surface area contributed by atoms with Crippen molar-refractivity contribution in [3.05, 3.63) is 0 Å². The fraction of sp³-hybridized carbons (Fsp3) is 0.833. The van der Waals surface area contributed by atoms with E-state index >= 15 is 0 Å². The maximum absolute atomic E-state index is 10.5. The van der Waals surface area contributed by atoms with Gasteiger partial charge in [0, 0.05) is 12.3 Å². The van der Waals surface area contributed by atoms with Gasteiger partial charge >= 0.3 is 5.97 Å². The second-order valence-corrected chi connectivity index (χ2v) is 3.08. The normalized spacial score (nSPS) is 13.5. The number of rotatable bonds is 5. The Bertz CT molecular complexity index is 132. The minimum absolute atomic E-state index is 0.291. The van der Waals surface area contributed by atoms with Gasteiger partial charge in [-0.2, -0.15) is 12.6 Å². The molecule has 0 unspecified atom stereocenters. The molecule has 1 N–H and O–H groups in total. The van der Waals surface area contributed by atoms with Crippen LogP contribution in [-0.2, 0) is 4.79 Å². The van der Waals surface area contributed by atoms with Crippen LogP contribution in [0.25, 0.3) is 0 Å². The lowest BCUT2D eigenvalue weighted by Crippen LogP contribution is -2.36. The first-order valence-electron chi connectivity index (χ1n) is 3.42. The second-order valence-electron chi connectivity index (χ2n) is 2.20. The second kappa shape index (κ2) is 5.74. The van der Waals surface area contributed by atoms with Crippen molar-refractivity contribution in [3.8, 4) is 0 Å². The molecule has 0 aliphatic carbocycles. The highest BCUT2D eigenvalue weighted by Gasteiger charge is 2.20. The highest BCUT2D eigenvalue weighted by Crippen LogP contribution is 2.05. The molecule has 0 aromatic heterocycles. The van der Waals surface area contributed by atoms with Gasteiger partial charge in [0.25, 0.3) is 0 Å². The number of carboxylic acid groups (broad SMARTS) is 1. The summed E-state index contributed by atoms with van der Waals surface area (Å²) in [5, 5.41) is 8.63. The van der Waals surface area contributed by atoms with Crippen molar-refractivity contribution in [2.75, 3.05) is 12.3 Å². The zero-order chi connectivity index (χ0) is 8.85. The predicted molar refractivity (Wildman–Crippen MR) is 51.3 cm³/mol. The summed E-state index contributed by atoms with van der Waals surface area (Å²) < 4.78 is 1.50. The van der Waals surface area contributed by atoms with Crippen LogP contribution in [0.15, 0.2) is 0 Å². The van der Waals surface area contributed by atoms with E-state index in [0.717, 1.165) is 6.42 Å². The molecule has 0 aromatic rings. The molecule has 0 saturated heterocycles. The summed E-state index contributed by atoms with van der Waals surface area (Å²) in [4.78, 5) is 10.5. The van der Waals surface area contributed by atoms with E-state index in [4.69, 9.17) is 5.11 Å². The molecular formula is C6H13NO2S2. The summed E-state index contributed by atoms with van der Waals surface area (Å²) in [6.07, 6.45) is 0.890. The number of thiol groups is 2. The Morgan fingerprint density at radius 2 is 2.27 bits per heavy atom. The van der Waals surface area contributed by atoms with E-state index in [1.54, 1.807) is 0 Å². The molecule has 0 heterocycles. The number of hydrogen-bond donors (Lipinski definition) is 3. The number of carboxylic acids is 1. The summed E-state index contributed by atoms with van der Waals surface area (Å²) in [6.45, 7) is 2.64. The van der Waals surface area contributed by atoms with Gasteiger partial charge < -0.3 is 5.11 Å². The first-order valence-corrected chi connectivity index (χ1v) is 4.45. The van der Waals surface area contributed by atoms with Crippen molar-refractivity contribution in [1.29, 1.82) is 0 Å². The van der Waals surface area contributed by atoms with Crippen LogP contribution in [-0.4, -0.2) is 33.7 Å². The molecule has 0 aromatic carbocycles. The van der Waals surface area contributed by atoms with Crippen molar-refractivity contribution in [2.45, 2.75) is 19.4 Å². The molecule has 0 bridgehead atoms. The maximum Gasteiger partial charge on any atom is 0.322 e. The minimum Gasteiger partial charge on any atom is -0.480 e. The van der Waals surface area contributed by atoms with Crippen molar-refractivity contribution >= 4 is 31.4 Å². The van der Waals surface area contributed by atoms with Gasteiger partial charge in [-0.05, 0) is 6.42 Å². The minimum atomic E-state index is -0.872. The number of hydrogen-bond acceptors (Lipinski definition) is 4. The van der Waals surface area contributed by atoms with Crippen LogP contribution in [0.5, 0.6) is 0 Å². The van der Waals surface area contributed by atoms with E-state index in [1.165, 1.54) is 4.31 Å². The van der Waals surface area contributed by atoms with Crippen LogP contribution in [0.2, 0.25) is 0 Å². The first kappa shape index (κ1) is 11.1. The van der Waals surface area contributed by atoms with Crippen LogP contribution in [0.1, 0.15) is 13.3 Å². The first-order chi connectivity index (χ1) is 5.13. The molecule has 0 rings (SSSR count). The van der Waals surface area contributed by atoms with Crippen molar-refractivity contribution < 1.29 is 9.90 Å². The third-order valence-corrected chi connectivity index (χ3v) is 2.10. The summed E-state index contributed by atoms with van der Waals surface area (Å²) in [6, 6.07) is -0.582. The van der Waals surface area contributed by atoms with Gasteiger partial charge in [-0.15, -0.1) is 0 Å². The van der Waals surface area contributed by atoms with Gasteiger partial charge in [-0.25, -0.2) is 4.31 Å². The third-order valence-electron chi connectivity index (χ3n) is 1.27. The Morgan fingerprint density at radius 3 is 2.55 bits per heavy atom. The largest absolute Gasteiger partial charge is 0.480 e. The molecule has 0 amide bonds. The van der Waals surface area contributed by atoms with E-state index < -0.39 is 12.0 Å². The van der Waals surface area contributed by atoms with Gasteiger partial charge in [0.05, 0.1) is 0 Å². The molecule has 0 spiro atoms. The number of aliphatic carboxylic acids is 1. The average molecular weight is 195 g/mol. The van der Waals surface area contributed by atoms with Crippen molar-refractivity contribution in [3.63, 3.8) is 0 Å². The van der Waals surface area contributed by atoms with E-state index in [0.29, 0.717) is 12.3 Å². The zero-order valence-electron chi connectivity index (χ0n) is 6.40. The van der Waals surface area contributed by atoms with Gasteiger partial charge in [0.1, 0.15) is 6.04 Å². The molecule has 5 heteroatoms. The van der Waals surface area contributed by atoms with Crippen LogP contribution < -0.4 is 0 Å². The quantitative estimate of drug-likeness (QED) is 0.572. The van der Waals surface area contributed by atoms with E-state index in [1.807, 2.05) is 6.92 Å². The van der Waals surface area contributed by atoms with Gasteiger partial charge in [-0.1, -0.05) is 19.7 Å². The van der Waals surface area contributed by atoms with Gasteiger partial charge in [0.2, 0.25) is 0 Å². The van der Waals surface area contributed by atoms with Crippen LogP contribution in [0.4, 0.5) is 0 Å². The Hall–Kier alpha value is 0.130. The average Bonchev–Trinajstić information content (AvgIpc) is 1.88. The topological polar surface area (TPSA) is 40.5 Å². The van der Waals surface area contributed by atoms with E-state index in [9.17, 15) is 4.79 Å². The Kier molecular flexibility index (Phi) is 5.81. The maximum atomic E-state index is 10.5. The Morgan fingerprint density at radius 1 is 1.73 bits per heavy atom. The highest BCUT2D eigenvalue weighted by molar-refractivity contribution is 7.80. The lowest BCUT2D eigenvalue weighted by atomic mass is 10.3. The molecule has 0 saturated carbocycles. The molecule has 66 valence electrons. The molecule has 3 nitrogen and oxygen atoms in total. The molecule has 0 aliphatic heterocycles. The third kappa shape index (κ3) is 3.88. The highest BCUT2D eigenvalue weighted by atomic mass is 32.1. The summed E-state index contributed by atoms with van der Waals surface area (Å²) in [5.74, 6) is -0.581. The van der Waals surface area contributed by atoms with Gasteiger partial charge in [0.15, 0.2) is 0 Å². The zero-order valence-corrected chi connectivity index (χ0v) is 8.18. The molecule has 0 radical (unpaired) electrons. The standard InChI is InChI=1S/C6H13NO2S2/c1-2-3-7(11)5(4-10)6(8)9/h5,10-11H,2-4H2,1H3,(H,8,9)/t5-/m0/s1. The lowest BCUT2D eigenvalue weighted by Gasteiger charge is -2.20. The lowest BCUT2D eigenvalue weighted by molar-refractivity contribution is -0.140. The Balaban J connectivity index is 3.91. The van der Waals surface area contributed by atoms with Crippen molar-refractivity contribution in [2.24, 2.45) is 0 Å². The Labute approximate surface area is 77.7 Å². The molecule has 0 aliphatic rings. The number of carbonyl (C=O) groups is 1. The van der Waals surface area contributed by atoms with Crippen LogP contribution >= 0.6 is 25.4 Å². The van der Waals surface area contributed by atoms with Crippen LogP contribution in [0, 0.1) is 0 Å². The van der Waals surface area contributed by atoms with E-state index in [2.05, 4.69) is 25.4 Å². The number of nitrogens with zero attached hydrogens (tertiary/aromatic N) is 1. The van der Waals surface area contributed by atoms with E-state index in [-0.39, 0.29) is 0 Å². The SMILES string of the molecule is CCCN(S)[C@@H](CS)C(=O)O. The molecule has 11 heavy (non-hydrogen) atoms. The summed E-state index contributed by atoms with van der Waals surface area (Å²) in [5.41, 5.74) is 0. The summed E-state index contributed by atoms with van der Waals surface area (Å²) in [7, 11) is 0. The fourth-order valence-corrected chi connectivity index (χ4v) is 1.55. The van der Waals surface area contributed by atoms with Crippen LogP contribution in [0.3, 0.4) is 0 Å². The van der Waals surface area contributed by atoms with Crippen molar-refractivity contribution in [1.82, 2.24) is 4.31 Å². The fourth-order valence-electron chi connectivity index (χ4n) is 0.685.